The molecule has 4 aliphatic carbocycles. The van der Waals surface area contributed by atoms with Crippen LogP contribution >= 0.6 is 15.9 Å². The molecule has 0 aromatic carbocycles. The normalized spacial score (nSPS) is 27.4. The van der Waals surface area contributed by atoms with Crippen molar-refractivity contribution >= 4 is 39.2 Å². The third-order valence-corrected chi connectivity index (χ3v) is 8.88. The first-order valence-corrected chi connectivity index (χ1v) is 13.5. The molecule has 0 radical (unpaired) electrons. The molecule has 3 heterocycles. The van der Waals surface area contributed by atoms with Crippen molar-refractivity contribution in [2.24, 2.45) is 24.3 Å². The molecule has 0 aliphatic heterocycles. The molecule has 4 bridgehead atoms. The fourth-order valence-corrected chi connectivity index (χ4v) is 7.95. The Morgan fingerprint density at radius 3 is 2.66 bits per heavy atom. The number of nitrogens with one attached hydrogen (secondary N) is 2. The smallest absolute Gasteiger partial charge is 0.404 e. The molecule has 2 unspecified atom stereocenters. The van der Waals surface area contributed by atoms with Gasteiger partial charge in [-0.1, -0.05) is 0 Å². The predicted molar refractivity (Wildman–Crippen MR) is 138 cm³/mol. The van der Waals surface area contributed by atoms with Crippen LogP contribution in [-0.2, 0) is 23.9 Å². The van der Waals surface area contributed by atoms with E-state index in [1.807, 2.05) is 0 Å². The van der Waals surface area contributed by atoms with Gasteiger partial charge in [0.25, 0.3) is 5.91 Å². The molecule has 13 heteroatoms. The van der Waals surface area contributed by atoms with Gasteiger partial charge in [-0.3, -0.25) is 14.3 Å². The van der Waals surface area contributed by atoms with Gasteiger partial charge in [-0.25, -0.2) is 0 Å². The van der Waals surface area contributed by atoms with Crippen molar-refractivity contribution in [2.75, 3.05) is 5.32 Å². The largest absolute Gasteiger partial charge is 0.467 e. The van der Waals surface area contributed by atoms with Crippen molar-refractivity contribution in [1.82, 2.24) is 24.9 Å². The second kappa shape index (κ2) is 9.07. The number of aromatic nitrogens is 4. The Morgan fingerprint density at radius 2 is 2.00 bits per heavy atom. The molecular weight excluding hydrogens is 558 g/mol. The van der Waals surface area contributed by atoms with E-state index in [-0.39, 0.29) is 34.9 Å². The molecule has 3 aromatic heterocycles. The lowest BCUT2D eigenvalue weighted by Gasteiger charge is -2.61. The Hall–Kier alpha value is -3.48. The summed E-state index contributed by atoms with van der Waals surface area (Å²) in [6, 6.07) is 3.51. The van der Waals surface area contributed by atoms with Gasteiger partial charge in [0, 0.05) is 19.7 Å². The molecule has 12 nitrogen and oxygen atoms in total. The van der Waals surface area contributed by atoms with Crippen molar-refractivity contribution in [2.45, 2.75) is 57.0 Å². The number of hydrogen-bond donors (Lipinski definition) is 2. The molecule has 0 spiro atoms. The fraction of sp³-hybridized carbons (Fsp3) is 0.520. The first kappa shape index (κ1) is 24.8. The van der Waals surface area contributed by atoms with Crippen LogP contribution in [0.2, 0.25) is 0 Å². The molecule has 4 saturated carbocycles. The van der Waals surface area contributed by atoms with Gasteiger partial charge in [0.15, 0.2) is 5.69 Å². The van der Waals surface area contributed by atoms with Crippen molar-refractivity contribution in [3.05, 3.63) is 56.8 Å². The molecule has 0 saturated heterocycles. The minimum absolute atomic E-state index is 0.142. The first-order chi connectivity index (χ1) is 18.1. The lowest BCUT2D eigenvalue weighted by atomic mass is 9.46. The second-order valence-electron chi connectivity index (χ2n) is 11.2. The number of nitrogens with zero attached hydrogens (tertiary/aromatic N) is 5. The van der Waals surface area contributed by atoms with E-state index in [0.717, 1.165) is 38.5 Å². The van der Waals surface area contributed by atoms with Crippen LogP contribution in [0.25, 0.3) is 0 Å². The Labute approximate surface area is 226 Å². The third kappa shape index (κ3) is 4.42. The number of amides is 2. The number of carbonyl (C=O) groups is 2. The van der Waals surface area contributed by atoms with E-state index in [9.17, 15) is 19.7 Å². The first-order valence-electron chi connectivity index (χ1n) is 12.7. The topological polar surface area (TPSA) is 150 Å². The number of nitro groups is 1. The number of aryl methyl sites for hydroxylation is 1. The van der Waals surface area contributed by atoms with Crippen molar-refractivity contribution in [1.29, 1.82) is 0 Å². The summed E-state index contributed by atoms with van der Waals surface area (Å²) in [6.07, 6.45) is 10.8. The Morgan fingerprint density at radius 1 is 1.24 bits per heavy atom. The average molecular weight is 586 g/mol. The summed E-state index contributed by atoms with van der Waals surface area (Å²) < 4.78 is 8.93. The molecule has 2 N–H and O–H groups in total. The van der Waals surface area contributed by atoms with Gasteiger partial charge in [0.1, 0.15) is 10.2 Å². The van der Waals surface area contributed by atoms with Crippen molar-refractivity contribution in [3.63, 3.8) is 0 Å². The lowest BCUT2D eigenvalue weighted by molar-refractivity contribution is -0.390. The highest BCUT2D eigenvalue weighted by molar-refractivity contribution is 9.10. The maximum Gasteiger partial charge on any atom is 0.404 e. The molecule has 3 aromatic rings. The number of anilines is 1. The number of carbonyl (C=O) groups excluding carboxylic acids is 2. The van der Waals surface area contributed by atoms with E-state index < -0.39 is 10.8 Å². The Kier molecular flexibility index (Phi) is 5.93. The summed E-state index contributed by atoms with van der Waals surface area (Å²) in [4.78, 5) is 37.2. The monoisotopic (exact) mass is 585 g/mol. The van der Waals surface area contributed by atoms with Crippen molar-refractivity contribution < 1.29 is 18.9 Å². The Bertz CT molecular complexity index is 1400. The van der Waals surface area contributed by atoms with Gasteiger partial charge in [-0.05, 0) is 88.8 Å². The molecule has 7 rings (SSSR count). The summed E-state index contributed by atoms with van der Waals surface area (Å²) in [5.41, 5.74) is -0.0407. The zero-order valence-electron chi connectivity index (χ0n) is 20.9. The van der Waals surface area contributed by atoms with Gasteiger partial charge in [0.2, 0.25) is 5.91 Å². The molecular formula is C25H28BrN7O5. The van der Waals surface area contributed by atoms with Crippen LogP contribution < -0.4 is 10.6 Å². The molecule has 2 amide bonds. The fourth-order valence-electron chi connectivity index (χ4n) is 7.53. The van der Waals surface area contributed by atoms with Crippen LogP contribution in [0.5, 0.6) is 0 Å². The number of hydrogen-bond acceptors (Lipinski definition) is 7. The highest BCUT2D eigenvalue weighted by Crippen LogP contribution is 2.65. The number of furan rings is 1. The summed E-state index contributed by atoms with van der Waals surface area (Å²) in [7, 11) is 1.70. The van der Waals surface area contributed by atoms with Gasteiger partial charge >= 0.3 is 5.82 Å². The van der Waals surface area contributed by atoms with E-state index >= 15 is 0 Å². The maximum atomic E-state index is 13.4. The van der Waals surface area contributed by atoms with Crippen LogP contribution in [-0.4, -0.2) is 36.3 Å². The molecule has 4 fully saturated rings. The van der Waals surface area contributed by atoms with Crippen LogP contribution in [0.15, 0.2) is 39.7 Å². The SMILES string of the molecule is Cn1cc(NC(=O)CC23CC4CC(C2)CC(n2cc(Br)c([N+](=O)[O-])n2)(C4)C3)c(C(=O)NCc2ccco2)n1. The highest BCUT2D eigenvalue weighted by Gasteiger charge is 2.60. The summed E-state index contributed by atoms with van der Waals surface area (Å²) in [5, 5.41) is 25.7. The van der Waals surface area contributed by atoms with Gasteiger partial charge in [0.05, 0.1) is 35.3 Å². The van der Waals surface area contributed by atoms with E-state index in [1.54, 1.807) is 36.3 Å². The van der Waals surface area contributed by atoms with Gasteiger partial charge < -0.3 is 25.2 Å². The zero-order chi connectivity index (χ0) is 26.7. The predicted octanol–water partition coefficient (Wildman–Crippen LogP) is 4.13. The zero-order valence-corrected chi connectivity index (χ0v) is 22.4. The molecule has 38 heavy (non-hydrogen) atoms. The van der Waals surface area contributed by atoms with Crippen LogP contribution in [0.1, 0.15) is 61.2 Å². The molecule has 2 atom stereocenters. The van der Waals surface area contributed by atoms with E-state index in [4.69, 9.17) is 4.42 Å². The summed E-state index contributed by atoms with van der Waals surface area (Å²) >= 11 is 3.30. The average Bonchev–Trinajstić information content (AvgIpc) is 3.56. The second-order valence-corrected chi connectivity index (χ2v) is 12.1. The molecule has 200 valence electrons. The van der Waals surface area contributed by atoms with E-state index in [1.165, 1.54) is 10.9 Å². The Balaban J connectivity index is 1.19. The minimum Gasteiger partial charge on any atom is -0.467 e. The minimum atomic E-state index is -0.472. The van der Waals surface area contributed by atoms with Gasteiger partial charge in [-0.15, -0.1) is 0 Å². The summed E-state index contributed by atoms with van der Waals surface area (Å²) in [5.74, 6) is 0.770. The maximum absolute atomic E-state index is 13.4. The van der Waals surface area contributed by atoms with Crippen LogP contribution in [0.4, 0.5) is 11.5 Å². The standard InChI is InChI=1S/C25H28BrN7O5/c1-31-13-19(21(29-31)23(35)27-11-17-3-2-4-38-17)28-20(34)10-24-6-15-5-16(7-24)9-25(8-15,14-24)32-12-18(26)22(30-32)33(36)37/h2-4,12-13,15-16H,5-11,14H2,1H3,(H,27,35)(H,28,34). The van der Waals surface area contributed by atoms with E-state index in [2.05, 4.69) is 36.8 Å². The van der Waals surface area contributed by atoms with E-state index in [0.29, 0.717) is 34.2 Å². The lowest BCUT2D eigenvalue weighted by Crippen LogP contribution is -2.57. The number of rotatable bonds is 8. The van der Waals surface area contributed by atoms with Crippen molar-refractivity contribution in [3.8, 4) is 0 Å². The summed E-state index contributed by atoms with van der Waals surface area (Å²) in [6.45, 7) is 0.214. The quantitative estimate of drug-likeness (QED) is 0.298. The van der Waals surface area contributed by atoms with Crippen LogP contribution in [0, 0.1) is 27.4 Å². The third-order valence-electron chi connectivity index (χ3n) is 8.32. The van der Waals surface area contributed by atoms with Gasteiger partial charge in [-0.2, -0.15) is 9.78 Å². The number of halogens is 1. The molecule has 4 aliphatic rings. The van der Waals surface area contributed by atoms with Crippen LogP contribution in [0.3, 0.4) is 0 Å². The highest BCUT2D eigenvalue weighted by atomic mass is 79.9.